The summed E-state index contributed by atoms with van der Waals surface area (Å²) < 4.78 is 38.6. The standard InChI is InChI=1S/C14H10BrClF3N/c15-11-4-5-13(12(16)7-11)20-8-9-2-1-3-10(6-9)14(17,18)19/h1-7,20H,8H2. The summed E-state index contributed by atoms with van der Waals surface area (Å²) in [7, 11) is 0. The number of halogens is 5. The molecule has 0 radical (unpaired) electrons. The molecule has 0 aromatic heterocycles. The molecule has 1 nitrogen and oxygen atoms in total. The van der Waals surface area contributed by atoms with Gasteiger partial charge in [0.25, 0.3) is 0 Å². The van der Waals surface area contributed by atoms with E-state index < -0.39 is 11.7 Å². The molecule has 2 aromatic carbocycles. The first-order valence-electron chi connectivity index (χ1n) is 5.71. The van der Waals surface area contributed by atoms with Crippen molar-refractivity contribution < 1.29 is 13.2 Å². The van der Waals surface area contributed by atoms with Crippen LogP contribution in [0.25, 0.3) is 0 Å². The molecule has 0 saturated heterocycles. The maximum absolute atomic E-state index is 12.6. The van der Waals surface area contributed by atoms with Crippen molar-refractivity contribution in [3.05, 3.63) is 63.1 Å². The Labute approximate surface area is 127 Å². The number of rotatable bonds is 3. The number of nitrogens with one attached hydrogen (secondary N) is 1. The van der Waals surface area contributed by atoms with Gasteiger partial charge in [0.1, 0.15) is 0 Å². The molecule has 0 aliphatic carbocycles. The Hall–Kier alpha value is -1.20. The highest BCUT2D eigenvalue weighted by Gasteiger charge is 2.30. The fraction of sp³-hybridized carbons (Fsp3) is 0.143. The smallest absolute Gasteiger partial charge is 0.380 e. The molecule has 0 heterocycles. The lowest BCUT2D eigenvalue weighted by molar-refractivity contribution is -0.137. The molecule has 2 rings (SSSR count). The quantitative estimate of drug-likeness (QED) is 0.733. The van der Waals surface area contributed by atoms with E-state index in [2.05, 4.69) is 21.2 Å². The van der Waals surface area contributed by atoms with Crippen molar-refractivity contribution in [2.45, 2.75) is 12.7 Å². The maximum Gasteiger partial charge on any atom is 0.416 e. The molecule has 0 spiro atoms. The van der Waals surface area contributed by atoms with E-state index in [1.54, 1.807) is 24.3 Å². The van der Waals surface area contributed by atoms with Gasteiger partial charge in [-0.2, -0.15) is 13.2 Å². The van der Waals surface area contributed by atoms with Crippen LogP contribution in [0.5, 0.6) is 0 Å². The van der Waals surface area contributed by atoms with Crippen molar-refractivity contribution >= 4 is 33.2 Å². The summed E-state index contributed by atoms with van der Waals surface area (Å²) in [5.74, 6) is 0. The number of anilines is 1. The molecule has 0 aliphatic rings. The third-order valence-corrected chi connectivity index (χ3v) is 3.47. The summed E-state index contributed by atoms with van der Waals surface area (Å²) in [5, 5.41) is 3.52. The highest BCUT2D eigenvalue weighted by atomic mass is 79.9. The summed E-state index contributed by atoms with van der Waals surface area (Å²) in [6.45, 7) is 0.269. The molecule has 0 saturated carbocycles. The Morgan fingerprint density at radius 1 is 1.10 bits per heavy atom. The first-order valence-corrected chi connectivity index (χ1v) is 6.88. The molecular weight excluding hydrogens is 355 g/mol. The first-order chi connectivity index (χ1) is 9.36. The molecule has 2 aromatic rings. The number of hydrogen-bond donors (Lipinski definition) is 1. The van der Waals surface area contributed by atoms with Gasteiger partial charge < -0.3 is 5.32 Å². The minimum absolute atomic E-state index is 0.269. The zero-order valence-electron chi connectivity index (χ0n) is 10.1. The van der Waals surface area contributed by atoms with Crippen LogP contribution in [0.2, 0.25) is 5.02 Å². The lowest BCUT2D eigenvalue weighted by Crippen LogP contribution is -2.07. The second-order valence-electron chi connectivity index (χ2n) is 4.18. The molecule has 0 unspecified atom stereocenters. The van der Waals surface area contributed by atoms with Crippen LogP contribution in [0.3, 0.4) is 0 Å². The topological polar surface area (TPSA) is 12.0 Å². The minimum Gasteiger partial charge on any atom is -0.380 e. The van der Waals surface area contributed by atoms with Crippen molar-refractivity contribution in [2.24, 2.45) is 0 Å². The monoisotopic (exact) mass is 363 g/mol. The van der Waals surface area contributed by atoms with Gasteiger partial charge in [-0.05, 0) is 35.9 Å². The largest absolute Gasteiger partial charge is 0.416 e. The van der Waals surface area contributed by atoms with E-state index in [0.717, 1.165) is 16.6 Å². The number of alkyl halides is 3. The fourth-order valence-corrected chi connectivity index (χ4v) is 2.43. The summed E-state index contributed by atoms with van der Waals surface area (Å²) in [6, 6.07) is 10.5. The summed E-state index contributed by atoms with van der Waals surface area (Å²) in [6.07, 6.45) is -4.33. The van der Waals surface area contributed by atoms with Crippen LogP contribution < -0.4 is 5.32 Å². The lowest BCUT2D eigenvalue weighted by atomic mass is 10.1. The van der Waals surface area contributed by atoms with Crippen LogP contribution in [0, 0.1) is 0 Å². The van der Waals surface area contributed by atoms with Crippen molar-refractivity contribution in [1.82, 2.24) is 0 Å². The summed E-state index contributed by atoms with van der Waals surface area (Å²) in [4.78, 5) is 0. The van der Waals surface area contributed by atoms with Crippen LogP contribution in [0.15, 0.2) is 46.9 Å². The normalized spacial score (nSPS) is 11.4. The van der Waals surface area contributed by atoms with Crippen molar-refractivity contribution in [3.8, 4) is 0 Å². The molecule has 0 atom stereocenters. The van der Waals surface area contributed by atoms with Crippen molar-refractivity contribution in [1.29, 1.82) is 0 Å². The molecule has 20 heavy (non-hydrogen) atoms. The van der Waals surface area contributed by atoms with Crippen LogP contribution in [0.1, 0.15) is 11.1 Å². The third kappa shape index (κ3) is 3.90. The Kier molecular flexibility index (Phi) is 4.60. The fourth-order valence-electron chi connectivity index (χ4n) is 1.69. The van der Waals surface area contributed by atoms with Crippen LogP contribution in [-0.4, -0.2) is 0 Å². The van der Waals surface area contributed by atoms with E-state index in [1.807, 2.05) is 0 Å². The zero-order valence-corrected chi connectivity index (χ0v) is 12.5. The van der Waals surface area contributed by atoms with Crippen molar-refractivity contribution in [2.75, 3.05) is 5.32 Å². The highest BCUT2D eigenvalue weighted by Crippen LogP contribution is 2.30. The lowest BCUT2D eigenvalue weighted by Gasteiger charge is -2.11. The molecule has 0 aliphatic heterocycles. The molecule has 0 amide bonds. The Morgan fingerprint density at radius 2 is 1.85 bits per heavy atom. The van der Waals surface area contributed by atoms with E-state index in [4.69, 9.17) is 11.6 Å². The van der Waals surface area contributed by atoms with Crippen LogP contribution in [0.4, 0.5) is 18.9 Å². The van der Waals surface area contributed by atoms with Gasteiger partial charge in [-0.1, -0.05) is 39.7 Å². The zero-order chi connectivity index (χ0) is 14.8. The molecule has 0 fully saturated rings. The maximum atomic E-state index is 12.6. The van der Waals surface area contributed by atoms with Gasteiger partial charge in [-0.25, -0.2) is 0 Å². The van der Waals surface area contributed by atoms with Gasteiger partial charge >= 0.3 is 6.18 Å². The average Bonchev–Trinajstić information content (AvgIpc) is 2.37. The number of hydrogen-bond acceptors (Lipinski definition) is 1. The van der Waals surface area contributed by atoms with E-state index in [-0.39, 0.29) is 6.54 Å². The van der Waals surface area contributed by atoms with E-state index in [0.29, 0.717) is 16.3 Å². The van der Waals surface area contributed by atoms with Gasteiger partial charge in [0.15, 0.2) is 0 Å². The summed E-state index contributed by atoms with van der Waals surface area (Å²) in [5.41, 5.74) is 0.560. The van der Waals surface area contributed by atoms with Gasteiger partial charge in [0.2, 0.25) is 0 Å². The first kappa shape index (κ1) is 15.2. The second kappa shape index (κ2) is 6.06. The van der Waals surface area contributed by atoms with Crippen molar-refractivity contribution in [3.63, 3.8) is 0 Å². The van der Waals surface area contributed by atoms with E-state index in [1.165, 1.54) is 6.07 Å². The van der Waals surface area contributed by atoms with Gasteiger partial charge in [-0.15, -0.1) is 0 Å². The predicted octanol–water partition coefficient (Wildman–Crippen LogP) is 5.73. The van der Waals surface area contributed by atoms with Gasteiger partial charge in [-0.3, -0.25) is 0 Å². The second-order valence-corrected chi connectivity index (χ2v) is 5.50. The van der Waals surface area contributed by atoms with Crippen LogP contribution >= 0.6 is 27.5 Å². The summed E-state index contributed by atoms with van der Waals surface area (Å²) >= 11 is 9.31. The molecular formula is C14H10BrClF3N. The molecule has 6 heteroatoms. The average molecular weight is 365 g/mol. The van der Waals surface area contributed by atoms with Crippen LogP contribution in [-0.2, 0) is 12.7 Å². The minimum atomic E-state index is -4.33. The van der Waals surface area contributed by atoms with Gasteiger partial charge in [0.05, 0.1) is 16.3 Å². The Morgan fingerprint density at radius 3 is 2.50 bits per heavy atom. The number of benzene rings is 2. The van der Waals surface area contributed by atoms with E-state index in [9.17, 15) is 13.2 Å². The SMILES string of the molecule is FC(F)(F)c1cccc(CNc2ccc(Br)cc2Cl)c1. The molecule has 106 valence electrons. The third-order valence-electron chi connectivity index (χ3n) is 2.67. The molecule has 0 bridgehead atoms. The predicted molar refractivity (Wildman–Crippen MR) is 77.9 cm³/mol. The van der Waals surface area contributed by atoms with E-state index >= 15 is 0 Å². The molecule has 1 N–H and O–H groups in total. The Bertz CT molecular complexity index is 614. The Balaban J connectivity index is 2.11. The van der Waals surface area contributed by atoms with Gasteiger partial charge in [0, 0.05) is 11.0 Å². The highest BCUT2D eigenvalue weighted by molar-refractivity contribution is 9.10.